The van der Waals surface area contributed by atoms with Crippen molar-refractivity contribution in [1.29, 1.82) is 0 Å². The highest BCUT2D eigenvalue weighted by Gasteiger charge is 2.20. The van der Waals surface area contributed by atoms with Gasteiger partial charge in [-0.05, 0) is 12.1 Å². The minimum absolute atomic E-state index is 0. The maximum Gasteiger partial charge on any atom is 0.349 e. The summed E-state index contributed by atoms with van der Waals surface area (Å²) in [6.45, 7) is 1.37. The summed E-state index contributed by atoms with van der Waals surface area (Å²) in [5, 5.41) is 18.9. The molecule has 1 aromatic rings. The Kier molecular flexibility index (Phi) is 7.76. The van der Waals surface area contributed by atoms with Gasteiger partial charge in [-0.15, -0.1) is 12.4 Å². The number of halogens is 3. The first kappa shape index (κ1) is 22.5. The summed E-state index contributed by atoms with van der Waals surface area (Å²) >= 11 is 12.2. The SMILES string of the molecule is Cl.O=c1nc2n(CCN(CCO)CCO)c3cc(Cl)c(Cl)cc3nc-2c(=O)[nH]1. The van der Waals surface area contributed by atoms with Gasteiger partial charge in [0, 0.05) is 26.2 Å². The van der Waals surface area contributed by atoms with Gasteiger partial charge < -0.3 is 14.8 Å². The Morgan fingerprint density at radius 3 is 2.32 bits per heavy atom. The van der Waals surface area contributed by atoms with Crippen LogP contribution in [0.4, 0.5) is 0 Å². The summed E-state index contributed by atoms with van der Waals surface area (Å²) in [6, 6.07) is 3.14. The zero-order chi connectivity index (χ0) is 19.6. The van der Waals surface area contributed by atoms with Crippen LogP contribution >= 0.6 is 35.6 Å². The molecule has 0 unspecified atom stereocenters. The van der Waals surface area contributed by atoms with E-state index in [2.05, 4.69) is 15.0 Å². The highest BCUT2D eigenvalue weighted by molar-refractivity contribution is 6.42. The minimum atomic E-state index is -0.773. The molecule has 0 aliphatic carbocycles. The van der Waals surface area contributed by atoms with E-state index < -0.39 is 11.2 Å². The number of aromatic amines is 1. The molecular formula is C16H18Cl3N5O4. The van der Waals surface area contributed by atoms with Crippen LogP contribution in [0.1, 0.15) is 0 Å². The molecule has 2 heterocycles. The summed E-state index contributed by atoms with van der Waals surface area (Å²) in [6.07, 6.45) is 0. The number of aliphatic hydroxyl groups excluding tert-OH is 2. The number of H-pyrrole nitrogens is 1. The largest absolute Gasteiger partial charge is 0.395 e. The molecule has 152 valence electrons. The van der Waals surface area contributed by atoms with Gasteiger partial charge >= 0.3 is 5.69 Å². The van der Waals surface area contributed by atoms with Gasteiger partial charge in [0.25, 0.3) is 5.56 Å². The fraction of sp³-hybridized carbons (Fsp3) is 0.375. The number of hydrogen-bond acceptors (Lipinski definition) is 7. The van der Waals surface area contributed by atoms with Crippen LogP contribution < -0.4 is 11.2 Å². The average Bonchev–Trinajstić information content (AvgIpc) is 2.61. The van der Waals surface area contributed by atoms with E-state index in [0.29, 0.717) is 42.2 Å². The van der Waals surface area contributed by atoms with Gasteiger partial charge in [-0.3, -0.25) is 14.7 Å². The zero-order valence-electron chi connectivity index (χ0n) is 14.6. The molecule has 0 fully saturated rings. The number of fused-ring (bicyclic) bond motifs is 2. The van der Waals surface area contributed by atoms with E-state index in [1.165, 1.54) is 0 Å². The Bertz CT molecular complexity index is 1050. The molecule has 12 heteroatoms. The number of nitrogens with one attached hydrogen (secondary N) is 1. The lowest BCUT2D eigenvalue weighted by Gasteiger charge is -2.23. The molecule has 9 nitrogen and oxygen atoms in total. The van der Waals surface area contributed by atoms with Gasteiger partial charge in [0.2, 0.25) is 0 Å². The fourth-order valence-corrected chi connectivity index (χ4v) is 3.19. The van der Waals surface area contributed by atoms with Crippen molar-refractivity contribution < 1.29 is 10.2 Å². The molecule has 2 aliphatic rings. The van der Waals surface area contributed by atoms with Crippen molar-refractivity contribution in [2.24, 2.45) is 0 Å². The van der Waals surface area contributed by atoms with Crippen molar-refractivity contribution in [3.05, 3.63) is 43.0 Å². The quantitative estimate of drug-likeness (QED) is 0.450. The maximum atomic E-state index is 12.2. The van der Waals surface area contributed by atoms with Gasteiger partial charge in [0.15, 0.2) is 11.5 Å². The van der Waals surface area contributed by atoms with Gasteiger partial charge in [0.05, 0.1) is 34.3 Å². The molecule has 0 bridgehead atoms. The van der Waals surface area contributed by atoms with Gasteiger partial charge in [-0.25, -0.2) is 9.78 Å². The Labute approximate surface area is 175 Å². The van der Waals surface area contributed by atoms with Crippen molar-refractivity contribution in [2.75, 3.05) is 32.8 Å². The van der Waals surface area contributed by atoms with E-state index in [4.69, 9.17) is 23.2 Å². The standard InChI is InChI=1S/C16H17Cl2N5O4.ClH/c17-9-7-11-12(8-10(9)18)23(2-1-22(3-5-24)4-6-25)14-13(19-11)15(26)21-16(27)20-14;/h7-8,24-25H,1-6H2,(H,21,26,27);1H. The number of benzene rings is 1. The number of aliphatic hydroxyl groups is 2. The maximum absolute atomic E-state index is 12.2. The van der Waals surface area contributed by atoms with Gasteiger partial charge in [0.1, 0.15) is 0 Å². The van der Waals surface area contributed by atoms with Crippen LogP contribution in [0.5, 0.6) is 0 Å². The number of rotatable bonds is 7. The van der Waals surface area contributed by atoms with E-state index in [1.54, 1.807) is 16.7 Å². The topological polar surface area (TPSA) is 124 Å². The second-order valence-corrected chi connectivity index (χ2v) is 6.67. The molecule has 2 aliphatic heterocycles. The third-order valence-electron chi connectivity index (χ3n) is 4.12. The monoisotopic (exact) mass is 449 g/mol. The normalized spacial score (nSPS) is 11.3. The van der Waals surface area contributed by atoms with E-state index in [-0.39, 0.29) is 42.2 Å². The number of nitrogens with zero attached hydrogens (tertiary/aromatic N) is 4. The van der Waals surface area contributed by atoms with Crippen molar-refractivity contribution in [2.45, 2.75) is 6.54 Å². The molecule has 0 radical (unpaired) electrons. The van der Waals surface area contributed by atoms with Crippen LogP contribution in [0, 0.1) is 0 Å². The first-order chi connectivity index (χ1) is 12.9. The fourth-order valence-electron chi connectivity index (χ4n) is 2.88. The summed E-state index contributed by atoms with van der Waals surface area (Å²) in [7, 11) is 0. The second-order valence-electron chi connectivity index (χ2n) is 5.85. The lowest BCUT2D eigenvalue weighted by Crippen LogP contribution is -2.34. The zero-order valence-corrected chi connectivity index (χ0v) is 16.9. The summed E-state index contributed by atoms with van der Waals surface area (Å²) in [4.78, 5) is 36.0. The third kappa shape index (κ3) is 4.62. The molecule has 3 rings (SSSR count). The molecule has 0 spiro atoms. The van der Waals surface area contributed by atoms with Crippen LogP contribution in [-0.4, -0.2) is 67.5 Å². The van der Waals surface area contributed by atoms with Crippen LogP contribution in [0.25, 0.3) is 22.6 Å². The average molecular weight is 451 g/mol. The third-order valence-corrected chi connectivity index (χ3v) is 4.85. The highest BCUT2D eigenvalue weighted by atomic mass is 35.5. The van der Waals surface area contributed by atoms with Crippen molar-refractivity contribution in [3.8, 4) is 11.5 Å². The first-order valence-electron chi connectivity index (χ1n) is 8.18. The van der Waals surface area contributed by atoms with E-state index in [0.717, 1.165) is 0 Å². The molecule has 0 saturated heterocycles. The summed E-state index contributed by atoms with van der Waals surface area (Å²) < 4.78 is 1.66. The van der Waals surface area contributed by atoms with Crippen LogP contribution in [-0.2, 0) is 6.54 Å². The van der Waals surface area contributed by atoms with Crippen LogP contribution in [0.2, 0.25) is 10.0 Å². The molecule has 3 N–H and O–H groups in total. The lowest BCUT2D eigenvalue weighted by molar-refractivity contribution is 0.158. The summed E-state index contributed by atoms with van der Waals surface area (Å²) in [5.41, 5.74) is -0.420. The predicted octanol–water partition coefficient (Wildman–Crippen LogP) is 0.600. The molecule has 0 atom stereocenters. The van der Waals surface area contributed by atoms with E-state index >= 15 is 0 Å². The number of aromatic nitrogens is 4. The second kappa shape index (κ2) is 9.64. The lowest BCUT2D eigenvalue weighted by atomic mass is 10.2. The van der Waals surface area contributed by atoms with E-state index in [9.17, 15) is 19.8 Å². The predicted molar refractivity (Wildman–Crippen MR) is 109 cm³/mol. The number of hydrogen-bond donors (Lipinski definition) is 3. The van der Waals surface area contributed by atoms with Gasteiger partial charge in [-0.1, -0.05) is 23.2 Å². The van der Waals surface area contributed by atoms with Crippen molar-refractivity contribution in [1.82, 2.24) is 24.4 Å². The molecule has 0 aromatic heterocycles. The Balaban J connectivity index is 0.00000280. The van der Waals surface area contributed by atoms with E-state index in [1.807, 2.05) is 4.90 Å². The smallest absolute Gasteiger partial charge is 0.349 e. The Hall–Kier alpha value is -1.75. The molecule has 0 amide bonds. The van der Waals surface area contributed by atoms with Crippen LogP contribution in [0.3, 0.4) is 0 Å². The molecule has 0 saturated carbocycles. The Morgan fingerprint density at radius 1 is 1.04 bits per heavy atom. The molecule has 28 heavy (non-hydrogen) atoms. The molecule has 1 aromatic carbocycles. The first-order valence-corrected chi connectivity index (χ1v) is 8.94. The summed E-state index contributed by atoms with van der Waals surface area (Å²) in [5.74, 6) is 0.127. The highest BCUT2D eigenvalue weighted by Crippen LogP contribution is 2.29. The van der Waals surface area contributed by atoms with Gasteiger partial charge in [-0.2, -0.15) is 4.98 Å². The van der Waals surface area contributed by atoms with Crippen molar-refractivity contribution >= 4 is 46.6 Å². The van der Waals surface area contributed by atoms with Crippen molar-refractivity contribution in [3.63, 3.8) is 0 Å². The Morgan fingerprint density at radius 2 is 1.68 bits per heavy atom. The minimum Gasteiger partial charge on any atom is -0.395 e. The molecular weight excluding hydrogens is 433 g/mol. The van der Waals surface area contributed by atoms with Crippen LogP contribution in [0.15, 0.2) is 21.7 Å².